The molecule has 0 aromatic carbocycles. The molecule has 0 fully saturated rings. The Kier molecular flexibility index (Phi) is 3.06. The first kappa shape index (κ1) is 10.5. The van der Waals surface area contributed by atoms with Gasteiger partial charge in [-0.25, -0.2) is 0 Å². The number of hydrogen-bond donors (Lipinski definition) is 1. The molecule has 1 aromatic rings. The zero-order chi connectivity index (χ0) is 10.7. The van der Waals surface area contributed by atoms with Crippen molar-refractivity contribution in [3.63, 3.8) is 0 Å². The van der Waals surface area contributed by atoms with Crippen molar-refractivity contribution in [1.82, 2.24) is 9.78 Å². The SMILES string of the molecule is CCC(C)Nc1nn(C)cc1[N+](=O)[O-]. The van der Waals surface area contributed by atoms with Gasteiger partial charge < -0.3 is 5.32 Å². The highest BCUT2D eigenvalue weighted by Crippen LogP contribution is 2.22. The molecule has 6 heteroatoms. The van der Waals surface area contributed by atoms with Crippen molar-refractivity contribution in [2.45, 2.75) is 26.3 Å². The summed E-state index contributed by atoms with van der Waals surface area (Å²) in [6.45, 7) is 3.96. The van der Waals surface area contributed by atoms with E-state index < -0.39 is 4.92 Å². The molecular weight excluding hydrogens is 184 g/mol. The first-order valence-electron chi connectivity index (χ1n) is 4.49. The number of anilines is 1. The van der Waals surface area contributed by atoms with Crippen LogP contribution in [0.4, 0.5) is 11.5 Å². The Morgan fingerprint density at radius 2 is 2.43 bits per heavy atom. The molecule has 0 aliphatic carbocycles. The summed E-state index contributed by atoms with van der Waals surface area (Å²) in [5.74, 6) is 0.340. The summed E-state index contributed by atoms with van der Waals surface area (Å²) in [4.78, 5) is 10.2. The summed E-state index contributed by atoms with van der Waals surface area (Å²) in [6.07, 6.45) is 2.29. The van der Waals surface area contributed by atoms with Crippen molar-refractivity contribution in [2.24, 2.45) is 7.05 Å². The molecule has 1 heterocycles. The Morgan fingerprint density at radius 3 is 2.93 bits per heavy atom. The van der Waals surface area contributed by atoms with Crippen LogP contribution in [0.2, 0.25) is 0 Å². The zero-order valence-electron chi connectivity index (χ0n) is 8.52. The van der Waals surface area contributed by atoms with Gasteiger partial charge in [0.05, 0.1) is 4.92 Å². The molecule has 1 rings (SSSR count). The molecule has 14 heavy (non-hydrogen) atoms. The van der Waals surface area contributed by atoms with Crippen molar-refractivity contribution >= 4 is 11.5 Å². The second-order valence-corrected chi connectivity index (χ2v) is 3.25. The van der Waals surface area contributed by atoms with Crippen molar-refractivity contribution < 1.29 is 4.92 Å². The van der Waals surface area contributed by atoms with Crippen LogP contribution in [0, 0.1) is 10.1 Å². The summed E-state index contributed by atoms with van der Waals surface area (Å²) in [6, 6.07) is 0.184. The quantitative estimate of drug-likeness (QED) is 0.588. The second kappa shape index (κ2) is 4.08. The monoisotopic (exact) mass is 198 g/mol. The summed E-state index contributed by atoms with van der Waals surface area (Å²) >= 11 is 0. The fraction of sp³-hybridized carbons (Fsp3) is 0.625. The van der Waals surface area contributed by atoms with Crippen LogP contribution in [0.1, 0.15) is 20.3 Å². The lowest BCUT2D eigenvalue weighted by atomic mass is 10.2. The summed E-state index contributed by atoms with van der Waals surface area (Å²) in [5, 5.41) is 17.6. The standard InChI is InChI=1S/C8H14N4O2/c1-4-6(2)9-8-7(12(13)14)5-11(3)10-8/h5-6H,4H2,1-3H3,(H,9,10). The maximum atomic E-state index is 10.6. The molecular formula is C8H14N4O2. The van der Waals surface area contributed by atoms with Gasteiger partial charge in [0.1, 0.15) is 6.20 Å². The minimum atomic E-state index is -0.433. The van der Waals surface area contributed by atoms with Crippen molar-refractivity contribution in [2.75, 3.05) is 5.32 Å². The van der Waals surface area contributed by atoms with Gasteiger partial charge in [-0.2, -0.15) is 0 Å². The molecule has 1 unspecified atom stereocenters. The molecule has 0 amide bonds. The third kappa shape index (κ3) is 2.21. The third-order valence-electron chi connectivity index (χ3n) is 2.00. The summed E-state index contributed by atoms with van der Waals surface area (Å²) in [7, 11) is 1.66. The molecule has 0 saturated heterocycles. The minimum Gasteiger partial charge on any atom is -0.360 e. The van der Waals surface area contributed by atoms with E-state index in [-0.39, 0.29) is 11.7 Å². The van der Waals surface area contributed by atoms with Gasteiger partial charge in [0.15, 0.2) is 0 Å². The van der Waals surface area contributed by atoms with Crippen molar-refractivity contribution in [3.8, 4) is 0 Å². The Hall–Kier alpha value is -1.59. The summed E-state index contributed by atoms with van der Waals surface area (Å²) in [5.41, 5.74) is 0.0211. The molecule has 0 aliphatic rings. The molecule has 0 radical (unpaired) electrons. The molecule has 6 nitrogen and oxygen atoms in total. The molecule has 0 aliphatic heterocycles. The number of rotatable bonds is 4. The van der Waals surface area contributed by atoms with Crippen LogP contribution >= 0.6 is 0 Å². The average molecular weight is 198 g/mol. The lowest BCUT2D eigenvalue weighted by Crippen LogP contribution is -2.14. The topological polar surface area (TPSA) is 73.0 Å². The van der Waals surface area contributed by atoms with Crippen molar-refractivity contribution in [1.29, 1.82) is 0 Å². The molecule has 0 saturated carbocycles. The molecule has 1 N–H and O–H groups in total. The molecule has 0 bridgehead atoms. The van der Waals surface area contributed by atoms with E-state index in [1.807, 2.05) is 13.8 Å². The van der Waals surface area contributed by atoms with E-state index in [9.17, 15) is 10.1 Å². The van der Waals surface area contributed by atoms with Gasteiger partial charge in [-0.3, -0.25) is 14.8 Å². The van der Waals surface area contributed by atoms with Crippen LogP contribution in [0.25, 0.3) is 0 Å². The van der Waals surface area contributed by atoms with Gasteiger partial charge in [-0.05, 0) is 13.3 Å². The van der Waals surface area contributed by atoms with Gasteiger partial charge >= 0.3 is 5.69 Å². The van der Waals surface area contributed by atoms with Crippen LogP contribution in [0.15, 0.2) is 6.20 Å². The van der Waals surface area contributed by atoms with E-state index in [4.69, 9.17) is 0 Å². The minimum absolute atomic E-state index is 0.0211. The smallest absolute Gasteiger partial charge is 0.330 e. The van der Waals surface area contributed by atoms with Gasteiger partial charge in [-0.15, -0.1) is 5.10 Å². The zero-order valence-corrected chi connectivity index (χ0v) is 8.52. The van der Waals surface area contributed by atoms with Gasteiger partial charge in [0.25, 0.3) is 0 Å². The van der Waals surface area contributed by atoms with E-state index in [2.05, 4.69) is 10.4 Å². The number of aryl methyl sites for hydroxylation is 1. The fourth-order valence-electron chi connectivity index (χ4n) is 1.05. The van der Waals surface area contributed by atoms with Crippen molar-refractivity contribution in [3.05, 3.63) is 16.3 Å². The maximum Gasteiger partial charge on any atom is 0.330 e. The van der Waals surface area contributed by atoms with Gasteiger partial charge in [0, 0.05) is 13.1 Å². The Balaban J connectivity index is 2.89. The number of nitrogens with zero attached hydrogens (tertiary/aromatic N) is 3. The van der Waals surface area contributed by atoms with Crippen LogP contribution in [0.5, 0.6) is 0 Å². The second-order valence-electron chi connectivity index (χ2n) is 3.25. The highest BCUT2D eigenvalue weighted by Gasteiger charge is 2.18. The number of hydrogen-bond acceptors (Lipinski definition) is 4. The molecule has 0 spiro atoms. The predicted molar refractivity (Wildman–Crippen MR) is 53.2 cm³/mol. The first-order valence-corrected chi connectivity index (χ1v) is 4.49. The van der Waals surface area contributed by atoms with E-state index in [1.165, 1.54) is 10.9 Å². The number of nitro groups is 1. The average Bonchev–Trinajstić information content (AvgIpc) is 2.46. The highest BCUT2D eigenvalue weighted by atomic mass is 16.6. The van der Waals surface area contributed by atoms with Crippen LogP contribution in [-0.4, -0.2) is 20.7 Å². The largest absolute Gasteiger partial charge is 0.360 e. The Bertz CT molecular complexity index is 334. The predicted octanol–water partition coefficient (Wildman–Crippen LogP) is 1.54. The number of nitrogens with one attached hydrogen (secondary N) is 1. The molecule has 1 aromatic heterocycles. The number of aromatic nitrogens is 2. The van der Waals surface area contributed by atoms with Crippen LogP contribution in [0.3, 0.4) is 0 Å². The lowest BCUT2D eigenvalue weighted by Gasteiger charge is -2.08. The van der Waals surface area contributed by atoms with E-state index in [0.29, 0.717) is 5.82 Å². The third-order valence-corrected chi connectivity index (χ3v) is 2.00. The Labute approximate surface area is 82.1 Å². The molecule has 78 valence electrons. The van der Waals surface area contributed by atoms with Crippen LogP contribution < -0.4 is 5.32 Å². The van der Waals surface area contributed by atoms with E-state index in [1.54, 1.807) is 7.05 Å². The highest BCUT2D eigenvalue weighted by molar-refractivity contribution is 5.54. The normalized spacial score (nSPS) is 12.5. The first-order chi connectivity index (χ1) is 6.54. The van der Waals surface area contributed by atoms with Crippen LogP contribution in [-0.2, 0) is 7.05 Å². The molecule has 1 atom stereocenters. The summed E-state index contributed by atoms with van der Waals surface area (Å²) < 4.78 is 1.43. The van der Waals surface area contributed by atoms with Gasteiger partial charge in [0.2, 0.25) is 5.82 Å². The van der Waals surface area contributed by atoms with Gasteiger partial charge in [-0.1, -0.05) is 6.92 Å². The fourth-order valence-corrected chi connectivity index (χ4v) is 1.05. The Morgan fingerprint density at radius 1 is 1.79 bits per heavy atom. The van der Waals surface area contributed by atoms with E-state index >= 15 is 0 Å². The maximum absolute atomic E-state index is 10.6. The lowest BCUT2D eigenvalue weighted by molar-refractivity contribution is -0.384. The van der Waals surface area contributed by atoms with E-state index in [0.717, 1.165) is 6.42 Å².